The first-order chi connectivity index (χ1) is 15.7. The van der Waals surface area contributed by atoms with Crippen molar-refractivity contribution < 1.29 is 5.11 Å². The molecule has 0 radical (unpaired) electrons. The molecule has 1 N–H and O–H groups in total. The summed E-state index contributed by atoms with van der Waals surface area (Å²) in [5.74, 6) is -0.0919. The summed E-state index contributed by atoms with van der Waals surface area (Å²) in [5, 5.41) is 21.2. The molecule has 1 saturated heterocycles. The average Bonchev–Trinajstić information content (AvgIpc) is 3.29. The number of aliphatic hydroxyl groups is 1. The molecule has 1 aromatic heterocycles. The fraction of sp³-hybridized carbons (Fsp3) is 0.185. The minimum atomic E-state index is -0.382. The molecule has 0 bridgehead atoms. The number of aryl methyl sites for hydroxylation is 1. The summed E-state index contributed by atoms with van der Waals surface area (Å²) < 4.78 is 0. The summed E-state index contributed by atoms with van der Waals surface area (Å²) in [7, 11) is 0. The second-order valence-corrected chi connectivity index (χ2v) is 9.10. The Bertz CT molecular complexity index is 1280. The van der Waals surface area contributed by atoms with Crippen molar-refractivity contribution in [1.29, 1.82) is 5.26 Å². The average molecular weight is 438 g/mol. The molecule has 158 valence electrons. The van der Waals surface area contributed by atoms with E-state index in [0.29, 0.717) is 0 Å². The van der Waals surface area contributed by atoms with Gasteiger partial charge in [0.25, 0.3) is 0 Å². The topological polar surface area (TPSA) is 60.2 Å². The standard InChI is InChI=1S/C27H23N3OS/c1-18-8-7-11-20(14-18)21-12-5-6-13-22(21)26-23(15-28)30(24(26)17-31)27-29-16-25(32-27)19-9-3-2-4-10-19/h2-14,16,23-24,26,31H,17H2,1H3/t23-,24+,26+/m1/s1. The first-order valence-electron chi connectivity index (χ1n) is 10.7. The molecule has 3 atom stereocenters. The summed E-state index contributed by atoms with van der Waals surface area (Å²) in [4.78, 5) is 7.65. The van der Waals surface area contributed by atoms with Crippen LogP contribution in [0.1, 0.15) is 17.0 Å². The Hall–Kier alpha value is -3.46. The van der Waals surface area contributed by atoms with Crippen molar-refractivity contribution in [1.82, 2.24) is 4.98 Å². The predicted molar refractivity (Wildman–Crippen MR) is 130 cm³/mol. The molecule has 1 aliphatic heterocycles. The van der Waals surface area contributed by atoms with Gasteiger partial charge in [0.05, 0.1) is 23.6 Å². The molecule has 1 aliphatic rings. The lowest BCUT2D eigenvalue weighted by atomic mass is 9.74. The Kier molecular flexibility index (Phi) is 5.48. The van der Waals surface area contributed by atoms with Crippen LogP contribution in [0.5, 0.6) is 0 Å². The SMILES string of the molecule is Cc1cccc(-c2ccccc2[C@H]2[C@@H](C#N)N(c3ncc(-c4ccccc4)s3)[C@H]2CO)c1. The highest BCUT2D eigenvalue weighted by atomic mass is 32.1. The van der Waals surface area contributed by atoms with Gasteiger partial charge < -0.3 is 10.0 Å². The third-order valence-electron chi connectivity index (χ3n) is 6.15. The monoisotopic (exact) mass is 437 g/mol. The second kappa shape index (κ2) is 8.58. The molecule has 0 unspecified atom stereocenters. The molecule has 0 aliphatic carbocycles. The highest BCUT2D eigenvalue weighted by molar-refractivity contribution is 7.18. The van der Waals surface area contributed by atoms with E-state index >= 15 is 0 Å². The van der Waals surface area contributed by atoms with Crippen molar-refractivity contribution in [2.24, 2.45) is 0 Å². The largest absolute Gasteiger partial charge is 0.394 e. The van der Waals surface area contributed by atoms with Gasteiger partial charge in [-0.25, -0.2) is 4.98 Å². The molecule has 4 nitrogen and oxygen atoms in total. The minimum absolute atomic E-state index is 0.0365. The van der Waals surface area contributed by atoms with Gasteiger partial charge in [0.2, 0.25) is 0 Å². The zero-order valence-corrected chi connectivity index (χ0v) is 18.5. The summed E-state index contributed by atoms with van der Waals surface area (Å²) in [5.41, 5.74) is 5.64. The molecular formula is C27H23N3OS. The van der Waals surface area contributed by atoms with Crippen LogP contribution >= 0.6 is 11.3 Å². The van der Waals surface area contributed by atoms with E-state index < -0.39 is 0 Å². The van der Waals surface area contributed by atoms with E-state index in [1.807, 2.05) is 41.4 Å². The number of rotatable bonds is 5. The number of aliphatic hydroxyl groups excluding tert-OH is 1. The number of thiazole rings is 1. The zero-order valence-electron chi connectivity index (χ0n) is 17.7. The maximum Gasteiger partial charge on any atom is 0.187 e. The number of nitrogens with zero attached hydrogens (tertiary/aromatic N) is 3. The number of aromatic nitrogens is 1. The minimum Gasteiger partial charge on any atom is -0.394 e. The summed E-state index contributed by atoms with van der Waals surface area (Å²) in [6.45, 7) is 2.05. The Morgan fingerprint density at radius 3 is 2.50 bits per heavy atom. The first-order valence-corrected chi connectivity index (χ1v) is 11.5. The van der Waals surface area contributed by atoms with Crippen LogP contribution in [0.3, 0.4) is 0 Å². The zero-order chi connectivity index (χ0) is 22.1. The molecule has 4 aromatic rings. The predicted octanol–water partition coefficient (Wildman–Crippen LogP) is 5.64. The quantitative estimate of drug-likeness (QED) is 0.439. The van der Waals surface area contributed by atoms with Crippen LogP contribution in [0, 0.1) is 18.3 Å². The lowest BCUT2D eigenvalue weighted by Gasteiger charge is -2.52. The van der Waals surface area contributed by atoms with Gasteiger partial charge in [-0.1, -0.05) is 95.8 Å². The van der Waals surface area contributed by atoms with Crippen LogP contribution in [-0.2, 0) is 0 Å². The molecule has 0 amide bonds. The van der Waals surface area contributed by atoms with E-state index in [4.69, 9.17) is 0 Å². The molecule has 0 spiro atoms. The van der Waals surface area contributed by atoms with Crippen molar-refractivity contribution >= 4 is 16.5 Å². The molecule has 2 heterocycles. The molecule has 5 heteroatoms. The smallest absolute Gasteiger partial charge is 0.187 e. The van der Waals surface area contributed by atoms with Crippen molar-refractivity contribution in [2.75, 3.05) is 11.5 Å². The Balaban J connectivity index is 1.51. The highest BCUT2D eigenvalue weighted by Crippen LogP contribution is 2.47. The summed E-state index contributed by atoms with van der Waals surface area (Å²) in [6, 6.07) is 28.7. The number of hydrogen-bond acceptors (Lipinski definition) is 5. The maximum atomic E-state index is 10.3. The van der Waals surface area contributed by atoms with Gasteiger partial charge >= 0.3 is 0 Å². The van der Waals surface area contributed by atoms with E-state index in [0.717, 1.165) is 32.3 Å². The van der Waals surface area contributed by atoms with E-state index in [-0.39, 0.29) is 24.6 Å². The Morgan fingerprint density at radius 1 is 1.00 bits per heavy atom. The van der Waals surface area contributed by atoms with Crippen LogP contribution in [0.2, 0.25) is 0 Å². The first kappa shape index (κ1) is 20.4. The molecule has 1 fully saturated rings. The second-order valence-electron chi connectivity index (χ2n) is 8.09. The van der Waals surface area contributed by atoms with Crippen LogP contribution < -0.4 is 4.90 Å². The van der Waals surface area contributed by atoms with Gasteiger partial charge in [0.1, 0.15) is 6.04 Å². The fourth-order valence-corrected chi connectivity index (χ4v) is 5.64. The van der Waals surface area contributed by atoms with E-state index in [1.165, 1.54) is 5.56 Å². The van der Waals surface area contributed by atoms with Crippen LogP contribution in [0.4, 0.5) is 5.13 Å². The van der Waals surface area contributed by atoms with Crippen molar-refractivity contribution in [3.63, 3.8) is 0 Å². The van der Waals surface area contributed by atoms with Gasteiger partial charge in [0.15, 0.2) is 5.13 Å². The van der Waals surface area contributed by atoms with Gasteiger partial charge in [-0.2, -0.15) is 5.26 Å². The van der Waals surface area contributed by atoms with E-state index in [1.54, 1.807) is 11.3 Å². The molecule has 32 heavy (non-hydrogen) atoms. The van der Waals surface area contributed by atoms with Gasteiger partial charge in [-0.3, -0.25) is 0 Å². The molecule has 3 aromatic carbocycles. The highest BCUT2D eigenvalue weighted by Gasteiger charge is 2.51. The molecule has 5 rings (SSSR count). The number of anilines is 1. The number of benzene rings is 3. The number of nitriles is 1. The van der Waals surface area contributed by atoms with Gasteiger partial charge in [-0.05, 0) is 29.2 Å². The Morgan fingerprint density at radius 2 is 1.75 bits per heavy atom. The summed E-state index contributed by atoms with van der Waals surface area (Å²) >= 11 is 1.56. The van der Waals surface area contributed by atoms with Crippen LogP contribution in [-0.4, -0.2) is 28.8 Å². The molecular weight excluding hydrogens is 414 g/mol. The third-order valence-corrected chi connectivity index (χ3v) is 7.21. The van der Waals surface area contributed by atoms with E-state index in [2.05, 4.69) is 66.5 Å². The summed E-state index contributed by atoms with van der Waals surface area (Å²) in [6.07, 6.45) is 1.85. The lowest BCUT2D eigenvalue weighted by molar-refractivity contribution is 0.188. The molecule has 0 saturated carbocycles. The van der Waals surface area contributed by atoms with Crippen molar-refractivity contribution in [3.8, 4) is 27.6 Å². The Labute approximate surface area is 192 Å². The maximum absolute atomic E-state index is 10.3. The van der Waals surface area contributed by atoms with Gasteiger partial charge in [-0.15, -0.1) is 0 Å². The van der Waals surface area contributed by atoms with Crippen LogP contribution in [0.25, 0.3) is 21.6 Å². The van der Waals surface area contributed by atoms with E-state index in [9.17, 15) is 10.4 Å². The third kappa shape index (κ3) is 3.48. The van der Waals surface area contributed by atoms with Gasteiger partial charge in [0, 0.05) is 12.1 Å². The van der Waals surface area contributed by atoms with Crippen molar-refractivity contribution in [2.45, 2.75) is 24.9 Å². The number of hydrogen-bond donors (Lipinski definition) is 1. The lowest BCUT2D eigenvalue weighted by Crippen LogP contribution is -2.63. The fourth-order valence-electron chi connectivity index (χ4n) is 4.63. The normalized spacial score (nSPS) is 19.9. The van der Waals surface area contributed by atoms with Crippen LogP contribution in [0.15, 0.2) is 85.1 Å². The van der Waals surface area contributed by atoms with Crippen molar-refractivity contribution in [3.05, 3.63) is 96.2 Å².